The zero-order valence-electron chi connectivity index (χ0n) is 8.49. The van der Waals surface area contributed by atoms with E-state index in [1.807, 2.05) is 32.0 Å². The third kappa shape index (κ3) is 2.70. The molecule has 1 aromatic rings. The first-order chi connectivity index (χ1) is 6.11. The van der Waals surface area contributed by atoms with Crippen molar-refractivity contribution in [3.05, 3.63) is 23.9 Å². The van der Waals surface area contributed by atoms with Crippen molar-refractivity contribution >= 4 is 5.82 Å². The lowest BCUT2D eigenvalue weighted by Crippen LogP contribution is -2.21. The Bertz CT molecular complexity index is 269. The summed E-state index contributed by atoms with van der Waals surface area (Å²) in [5.74, 6) is 1.01. The van der Waals surface area contributed by atoms with Crippen LogP contribution in [-0.2, 0) is 6.42 Å². The van der Waals surface area contributed by atoms with E-state index >= 15 is 0 Å². The second kappa shape index (κ2) is 4.23. The fourth-order valence-electron chi connectivity index (χ4n) is 1.34. The highest BCUT2D eigenvalue weighted by molar-refractivity contribution is 5.45. The Balaban J connectivity index is 2.91. The van der Waals surface area contributed by atoms with Gasteiger partial charge in [-0.1, -0.05) is 6.07 Å². The van der Waals surface area contributed by atoms with Crippen molar-refractivity contribution in [1.82, 2.24) is 4.98 Å². The summed E-state index contributed by atoms with van der Waals surface area (Å²) in [7, 11) is 3.99. The highest BCUT2D eigenvalue weighted by Crippen LogP contribution is 2.15. The number of pyridine rings is 1. The summed E-state index contributed by atoms with van der Waals surface area (Å²) >= 11 is 0. The van der Waals surface area contributed by atoms with Crippen LogP contribution < -0.4 is 10.6 Å². The van der Waals surface area contributed by atoms with E-state index in [2.05, 4.69) is 11.1 Å². The van der Waals surface area contributed by atoms with Crippen molar-refractivity contribution in [3.63, 3.8) is 0 Å². The van der Waals surface area contributed by atoms with E-state index in [-0.39, 0.29) is 6.04 Å². The van der Waals surface area contributed by atoms with Crippen LogP contribution in [-0.4, -0.2) is 25.1 Å². The predicted molar refractivity (Wildman–Crippen MR) is 55.9 cm³/mol. The number of rotatable bonds is 3. The summed E-state index contributed by atoms with van der Waals surface area (Å²) in [6.45, 7) is 2.01. The standard InChI is InChI=1S/C10H17N3/c1-8(11)7-9-5-4-6-12-10(9)13(2)3/h4-6,8H,7,11H2,1-3H3. The van der Waals surface area contributed by atoms with Crippen LogP contribution in [0.1, 0.15) is 12.5 Å². The SMILES string of the molecule is CC(N)Cc1cccnc1N(C)C. The highest BCUT2D eigenvalue weighted by Gasteiger charge is 2.06. The van der Waals surface area contributed by atoms with Crippen molar-refractivity contribution < 1.29 is 0 Å². The van der Waals surface area contributed by atoms with Gasteiger partial charge >= 0.3 is 0 Å². The maximum atomic E-state index is 5.75. The van der Waals surface area contributed by atoms with Gasteiger partial charge in [0.25, 0.3) is 0 Å². The van der Waals surface area contributed by atoms with Crippen molar-refractivity contribution in [2.75, 3.05) is 19.0 Å². The van der Waals surface area contributed by atoms with Crippen LogP contribution in [0.25, 0.3) is 0 Å². The molecular weight excluding hydrogens is 162 g/mol. The third-order valence-corrected chi connectivity index (χ3v) is 1.83. The zero-order chi connectivity index (χ0) is 9.84. The Hall–Kier alpha value is -1.09. The van der Waals surface area contributed by atoms with Gasteiger partial charge in [-0.25, -0.2) is 4.98 Å². The van der Waals surface area contributed by atoms with Gasteiger partial charge in [0.1, 0.15) is 5.82 Å². The Kier molecular flexibility index (Phi) is 3.25. The fourth-order valence-corrected chi connectivity index (χ4v) is 1.34. The van der Waals surface area contributed by atoms with Crippen molar-refractivity contribution in [1.29, 1.82) is 0 Å². The van der Waals surface area contributed by atoms with Gasteiger partial charge in [-0.3, -0.25) is 0 Å². The van der Waals surface area contributed by atoms with Gasteiger partial charge < -0.3 is 10.6 Å². The first kappa shape index (κ1) is 9.99. The number of hydrogen-bond acceptors (Lipinski definition) is 3. The van der Waals surface area contributed by atoms with Crippen LogP contribution in [0.15, 0.2) is 18.3 Å². The van der Waals surface area contributed by atoms with Gasteiger partial charge in [0.05, 0.1) is 0 Å². The van der Waals surface area contributed by atoms with Crippen molar-refractivity contribution in [3.8, 4) is 0 Å². The lowest BCUT2D eigenvalue weighted by Gasteiger charge is -2.16. The number of hydrogen-bond donors (Lipinski definition) is 1. The Morgan fingerprint density at radius 2 is 2.23 bits per heavy atom. The summed E-state index contributed by atoms with van der Waals surface area (Å²) in [5.41, 5.74) is 6.96. The molecule has 0 saturated heterocycles. The molecule has 0 spiro atoms. The number of aromatic nitrogens is 1. The molecule has 1 aromatic heterocycles. The van der Waals surface area contributed by atoms with Crippen LogP contribution in [0.5, 0.6) is 0 Å². The molecule has 1 heterocycles. The molecule has 3 heteroatoms. The molecule has 2 N–H and O–H groups in total. The molecule has 72 valence electrons. The smallest absolute Gasteiger partial charge is 0.131 e. The Labute approximate surface area is 79.6 Å². The molecule has 0 aliphatic carbocycles. The molecular formula is C10H17N3. The largest absolute Gasteiger partial charge is 0.363 e. The molecule has 0 radical (unpaired) electrons. The van der Waals surface area contributed by atoms with E-state index in [1.54, 1.807) is 6.20 Å². The van der Waals surface area contributed by atoms with Crippen LogP contribution >= 0.6 is 0 Å². The number of anilines is 1. The number of nitrogens with two attached hydrogens (primary N) is 1. The second-order valence-corrected chi connectivity index (χ2v) is 3.56. The van der Waals surface area contributed by atoms with E-state index < -0.39 is 0 Å². The van der Waals surface area contributed by atoms with E-state index in [0.29, 0.717) is 0 Å². The molecule has 0 bridgehead atoms. The van der Waals surface area contributed by atoms with E-state index in [4.69, 9.17) is 5.73 Å². The predicted octanol–water partition coefficient (Wildman–Crippen LogP) is 1.04. The van der Waals surface area contributed by atoms with Crippen LogP contribution in [0.2, 0.25) is 0 Å². The molecule has 0 saturated carbocycles. The lowest BCUT2D eigenvalue weighted by molar-refractivity contribution is 0.734. The van der Waals surface area contributed by atoms with Gasteiger partial charge in [0.2, 0.25) is 0 Å². The van der Waals surface area contributed by atoms with E-state index in [1.165, 1.54) is 5.56 Å². The highest BCUT2D eigenvalue weighted by atomic mass is 15.1. The molecule has 0 amide bonds. The average Bonchev–Trinajstić information content (AvgIpc) is 2.03. The first-order valence-corrected chi connectivity index (χ1v) is 4.48. The van der Waals surface area contributed by atoms with Gasteiger partial charge in [0, 0.05) is 26.3 Å². The van der Waals surface area contributed by atoms with Gasteiger partial charge in [-0.15, -0.1) is 0 Å². The molecule has 0 aromatic carbocycles. The minimum Gasteiger partial charge on any atom is -0.363 e. The summed E-state index contributed by atoms with van der Waals surface area (Å²) in [4.78, 5) is 6.31. The molecule has 0 fully saturated rings. The minimum atomic E-state index is 0.183. The van der Waals surface area contributed by atoms with Gasteiger partial charge in [-0.2, -0.15) is 0 Å². The summed E-state index contributed by atoms with van der Waals surface area (Å²) in [5, 5.41) is 0. The third-order valence-electron chi connectivity index (χ3n) is 1.83. The monoisotopic (exact) mass is 179 g/mol. The maximum Gasteiger partial charge on any atom is 0.131 e. The Morgan fingerprint density at radius 1 is 1.54 bits per heavy atom. The molecule has 1 atom stereocenters. The Morgan fingerprint density at radius 3 is 2.77 bits per heavy atom. The van der Waals surface area contributed by atoms with E-state index in [9.17, 15) is 0 Å². The minimum absolute atomic E-state index is 0.183. The molecule has 1 unspecified atom stereocenters. The molecule has 13 heavy (non-hydrogen) atoms. The van der Waals surface area contributed by atoms with Crippen LogP contribution in [0.3, 0.4) is 0 Å². The van der Waals surface area contributed by atoms with Crippen molar-refractivity contribution in [2.45, 2.75) is 19.4 Å². The summed E-state index contributed by atoms with van der Waals surface area (Å²) < 4.78 is 0. The van der Waals surface area contributed by atoms with Gasteiger partial charge in [0.15, 0.2) is 0 Å². The van der Waals surface area contributed by atoms with Crippen molar-refractivity contribution in [2.24, 2.45) is 5.73 Å². The van der Waals surface area contributed by atoms with Crippen LogP contribution in [0.4, 0.5) is 5.82 Å². The quantitative estimate of drug-likeness (QED) is 0.753. The first-order valence-electron chi connectivity index (χ1n) is 4.48. The van der Waals surface area contributed by atoms with Gasteiger partial charge in [-0.05, 0) is 25.0 Å². The molecule has 3 nitrogen and oxygen atoms in total. The molecule has 0 aliphatic heterocycles. The zero-order valence-corrected chi connectivity index (χ0v) is 8.49. The van der Waals surface area contributed by atoms with E-state index in [0.717, 1.165) is 12.2 Å². The molecule has 0 aliphatic rings. The second-order valence-electron chi connectivity index (χ2n) is 3.56. The van der Waals surface area contributed by atoms with Crippen LogP contribution in [0, 0.1) is 0 Å². The summed E-state index contributed by atoms with van der Waals surface area (Å²) in [6.07, 6.45) is 2.68. The topological polar surface area (TPSA) is 42.1 Å². The maximum absolute atomic E-state index is 5.75. The fraction of sp³-hybridized carbons (Fsp3) is 0.500. The lowest BCUT2D eigenvalue weighted by atomic mass is 10.1. The summed E-state index contributed by atoms with van der Waals surface area (Å²) in [6, 6.07) is 4.21. The molecule has 1 rings (SSSR count). The average molecular weight is 179 g/mol. The number of nitrogens with zero attached hydrogens (tertiary/aromatic N) is 2. The normalized spacial score (nSPS) is 12.6.